The molecule has 0 aromatic heterocycles. The molecule has 0 aliphatic rings. The van der Waals surface area contributed by atoms with E-state index in [1.54, 1.807) is 0 Å². The predicted octanol–water partition coefficient (Wildman–Crippen LogP) is 0.418. The van der Waals surface area contributed by atoms with Crippen molar-refractivity contribution in [3.05, 3.63) is 0 Å². The number of hydrogen-bond acceptors (Lipinski definition) is 3. The van der Waals surface area contributed by atoms with E-state index in [0.717, 1.165) is 0 Å². The lowest BCUT2D eigenvalue weighted by Crippen LogP contribution is -2.00. The fourth-order valence-corrected chi connectivity index (χ4v) is 0.717. The maximum absolute atomic E-state index is 10.4. The zero-order valence-electron chi connectivity index (χ0n) is 4.64. The molecule has 0 aromatic rings. The lowest BCUT2D eigenvalue weighted by Gasteiger charge is -1.86. The average molecular weight is 131 g/mol. The molecular formula is C5H7O2S. The van der Waals surface area contributed by atoms with Crippen LogP contribution in [0.1, 0.15) is 6.42 Å². The molecule has 8 heavy (non-hydrogen) atoms. The number of Topliss-reactive ketones (excluding diaryl/α,β-unsaturated/α-hetero) is 1. The Bertz CT molecular complexity index is 90.4. The molecule has 0 unspecified atom stereocenters. The molecular weight excluding hydrogens is 124 g/mol. The first kappa shape index (κ1) is 7.69. The van der Waals surface area contributed by atoms with Crippen molar-refractivity contribution in [2.24, 2.45) is 0 Å². The van der Waals surface area contributed by atoms with E-state index in [-0.39, 0.29) is 12.2 Å². The molecule has 2 nitrogen and oxygen atoms in total. The highest BCUT2D eigenvalue weighted by Gasteiger charge is 1.96. The van der Waals surface area contributed by atoms with Crippen molar-refractivity contribution in [1.29, 1.82) is 0 Å². The lowest BCUT2D eigenvalue weighted by molar-refractivity contribution is -0.115. The zero-order valence-corrected chi connectivity index (χ0v) is 5.46. The van der Waals surface area contributed by atoms with E-state index >= 15 is 0 Å². The van der Waals surface area contributed by atoms with Crippen molar-refractivity contribution < 1.29 is 9.59 Å². The topological polar surface area (TPSA) is 34.1 Å². The van der Waals surface area contributed by atoms with Crippen LogP contribution in [0.4, 0.5) is 0 Å². The van der Waals surface area contributed by atoms with Crippen molar-refractivity contribution >= 4 is 23.8 Å². The molecule has 3 heteroatoms. The molecule has 0 atom stereocenters. The number of ketones is 1. The minimum Gasteiger partial charge on any atom is -0.298 e. The summed E-state index contributed by atoms with van der Waals surface area (Å²) in [5, 5.41) is 0. The van der Waals surface area contributed by atoms with Crippen molar-refractivity contribution in [3.8, 4) is 0 Å². The van der Waals surface area contributed by atoms with Gasteiger partial charge in [-0.15, -0.1) is 0 Å². The van der Waals surface area contributed by atoms with Crippen molar-refractivity contribution in [2.75, 3.05) is 12.0 Å². The lowest BCUT2D eigenvalue weighted by atomic mass is 10.3. The number of carbonyl (C=O) groups is 1. The van der Waals surface area contributed by atoms with Crippen LogP contribution in [0.15, 0.2) is 0 Å². The number of hydrogen-bond donors (Lipinski definition) is 0. The molecule has 45 valence electrons. The Hall–Kier alpha value is -0.310. The van der Waals surface area contributed by atoms with Crippen LogP contribution in [0, 0.1) is 0 Å². The van der Waals surface area contributed by atoms with Crippen LogP contribution in [0.5, 0.6) is 0 Å². The monoisotopic (exact) mass is 131 g/mol. The molecule has 0 saturated carbocycles. The summed E-state index contributed by atoms with van der Waals surface area (Å²) in [5.74, 6) is 0.377. The summed E-state index contributed by atoms with van der Waals surface area (Å²) in [6.45, 7) is 0. The van der Waals surface area contributed by atoms with E-state index in [1.165, 1.54) is 18.0 Å². The van der Waals surface area contributed by atoms with Crippen LogP contribution in [0.25, 0.3) is 0 Å². The summed E-state index contributed by atoms with van der Waals surface area (Å²) in [4.78, 5) is 19.9. The van der Waals surface area contributed by atoms with Gasteiger partial charge < -0.3 is 0 Å². The summed E-state index contributed by atoms with van der Waals surface area (Å²) in [7, 11) is 0. The molecule has 0 rings (SSSR count). The molecule has 0 spiro atoms. The summed E-state index contributed by atoms with van der Waals surface area (Å²) in [5.41, 5.74) is 0. The first-order valence-corrected chi connectivity index (χ1v) is 3.56. The molecule has 0 aliphatic carbocycles. The number of rotatable bonds is 4. The van der Waals surface area contributed by atoms with Crippen molar-refractivity contribution in [2.45, 2.75) is 6.42 Å². The minimum atomic E-state index is -0.0547. The fraction of sp³-hybridized carbons (Fsp3) is 0.600. The maximum Gasteiger partial charge on any atom is 0.206 e. The van der Waals surface area contributed by atoms with E-state index < -0.39 is 0 Å². The molecule has 0 fully saturated rings. The van der Waals surface area contributed by atoms with Crippen molar-refractivity contribution in [3.63, 3.8) is 0 Å². The highest BCUT2D eigenvalue weighted by molar-refractivity contribution is 7.99. The van der Waals surface area contributed by atoms with Gasteiger partial charge in [0.15, 0.2) is 5.78 Å². The number of thioether (sulfide) groups is 1. The molecule has 0 heterocycles. The molecule has 0 aromatic carbocycles. The molecule has 1 radical (unpaired) electrons. The molecule has 0 N–H and O–H groups in total. The summed E-state index contributed by atoms with van der Waals surface area (Å²) in [6.07, 6.45) is 3.31. The van der Waals surface area contributed by atoms with Gasteiger partial charge in [0, 0.05) is 0 Å². The minimum absolute atomic E-state index is 0.0486. The normalized spacial score (nSPS) is 8.62. The van der Waals surface area contributed by atoms with Gasteiger partial charge in [0.05, 0.1) is 12.2 Å². The molecule has 0 aliphatic heterocycles. The zero-order chi connectivity index (χ0) is 6.41. The van der Waals surface area contributed by atoms with E-state index in [0.29, 0.717) is 5.75 Å². The van der Waals surface area contributed by atoms with Crippen LogP contribution in [0.2, 0.25) is 0 Å². The van der Waals surface area contributed by atoms with Gasteiger partial charge in [-0.1, -0.05) is 0 Å². The van der Waals surface area contributed by atoms with E-state index in [4.69, 9.17) is 0 Å². The first-order valence-electron chi connectivity index (χ1n) is 2.17. The predicted molar refractivity (Wildman–Crippen MR) is 33.7 cm³/mol. The largest absolute Gasteiger partial charge is 0.298 e. The van der Waals surface area contributed by atoms with Crippen LogP contribution in [-0.4, -0.2) is 24.1 Å². The second-order valence-corrected chi connectivity index (χ2v) is 2.16. The van der Waals surface area contributed by atoms with Crippen LogP contribution >= 0.6 is 11.8 Å². The highest BCUT2D eigenvalue weighted by Crippen LogP contribution is 1.92. The smallest absolute Gasteiger partial charge is 0.206 e. The Labute approximate surface area is 52.6 Å². The Morgan fingerprint density at radius 3 is 2.75 bits per heavy atom. The second kappa shape index (κ2) is 4.84. The Morgan fingerprint density at radius 1 is 1.75 bits per heavy atom. The van der Waals surface area contributed by atoms with E-state index in [1.807, 2.05) is 6.26 Å². The molecule has 0 saturated heterocycles. The van der Waals surface area contributed by atoms with Crippen LogP contribution < -0.4 is 0 Å². The van der Waals surface area contributed by atoms with Gasteiger partial charge in [-0.2, -0.15) is 11.8 Å². The summed E-state index contributed by atoms with van der Waals surface area (Å²) >= 11 is 1.42. The number of carbonyl (C=O) groups excluding carboxylic acids is 2. The van der Waals surface area contributed by atoms with E-state index in [2.05, 4.69) is 0 Å². The van der Waals surface area contributed by atoms with Gasteiger partial charge in [-0.25, -0.2) is 0 Å². The molecule has 0 bridgehead atoms. The van der Waals surface area contributed by atoms with Crippen molar-refractivity contribution in [1.82, 2.24) is 0 Å². The Kier molecular flexibility index (Phi) is 4.65. The fourth-order valence-electron chi connectivity index (χ4n) is 0.293. The second-order valence-electron chi connectivity index (χ2n) is 1.29. The summed E-state index contributed by atoms with van der Waals surface area (Å²) < 4.78 is 0. The van der Waals surface area contributed by atoms with Crippen LogP contribution in [-0.2, 0) is 9.59 Å². The summed E-state index contributed by atoms with van der Waals surface area (Å²) in [6, 6.07) is 0. The Morgan fingerprint density at radius 2 is 2.38 bits per heavy atom. The molecule has 0 amide bonds. The van der Waals surface area contributed by atoms with E-state index in [9.17, 15) is 9.59 Å². The highest BCUT2D eigenvalue weighted by atomic mass is 32.2. The third kappa shape index (κ3) is 3.87. The van der Waals surface area contributed by atoms with Gasteiger partial charge in [-0.3, -0.25) is 9.59 Å². The Balaban J connectivity index is 3.18. The third-order valence-electron chi connectivity index (χ3n) is 0.575. The first-order chi connectivity index (χ1) is 3.81. The average Bonchev–Trinajstić information content (AvgIpc) is 1.68. The van der Waals surface area contributed by atoms with Gasteiger partial charge in [0.25, 0.3) is 0 Å². The van der Waals surface area contributed by atoms with Gasteiger partial charge in [-0.05, 0) is 6.26 Å². The van der Waals surface area contributed by atoms with Gasteiger partial charge >= 0.3 is 0 Å². The van der Waals surface area contributed by atoms with Crippen LogP contribution in [0.3, 0.4) is 0 Å². The third-order valence-corrected chi connectivity index (χ3v) is 1.19. The standard InChI is InChI=1S/C5H7O2S/c1-8-4-5(7)2-3-6/h2,4H2,1H3. The maximum atomic E-state index is 10.4. The SMILES string of the molecule is CSCC(=O)C[C]=O. The van der Waals surface area contributed by atoms with Gasteiger partial charge in [0.2, 0.25) is 6.29 Å². The quantitative estimate of drug-likeness (QED) is 0.518. The van der Waals surface area contributed by atoms with Gasteiger partial charge in [0.1, 0.15) is 0 Å².